The minimum Gasteiger partial charge on any atom is -0.206 e. The zero-order valence-electron chi connectivity index (χ0n) is 11.3. The number of nitriles is 1. The summed E-state index contributed by atoms with van der Waals surface area (Å²) in [5.41, 5.74) is -1.03. The lowest BCUT2D eigenvalue weighted by molar-refractivity contribution is 0.429. The number of hydrogen-bond donors (Lipinski definition) is 0. The van der Waals surface area contributed by atoms with Crippen molar-refractivity contribution in [1.82, 2.24) is 0 Å². The van der Waals surface area contributed by atoms with Crippen LogP contribution >= 0.6 is 0 Å². The van der Waals surface area contributed by atoms with Gasteiger partial charge < -0.3 is 0 Å². The van der Waals surface area contributed by atoms with Crippen molar-refractivity contribution in [1.29, 1.82) is 5.26 Å². The molecule has 0 unspecified atom stereocenters. The van der Waals surface area contributed by atoms with Gasteiger partial charge in [-0.2, -0.15) is 14.0 Å². The van der Waals surface area contributed by atoms with Crippen LogP contribution in [0.3, 0.4) is 0 Å². The standard InChI is InChI=1S/C17H6F5N/c18-14-5-10(1-3-12(14)9-23)2-4-13-15(19)6-11(7-16(13)20)8-17(21)22/h1,3,5-8H. The van der Waals surface area contributed by atoms with E-state index in [1.807, 2.05) is 0 Å². The molecule has 23 heavy (non-hydrogen) atoms. The molecule has 6 heteroatoms. The molecule has 2 aromatic carbocycles. The first-order valence-corrected chi connectivity index (χ1v) is 6.14. The molecule has 0 heterocycles. The van der Waals surface area contributed by atoms with Crippen LogP contribution in [-0.2, 0) is 0 Å². The second-order valence-corrected chi connectivity index (χ2v) is 4.35. The first-order valence-electron chi connectivity index (χ1n) is 6.14. The molecule has 0 atom stereocenters. The molecule has 0 amide bonds. The summed E-state index contributed by atoms with van der Waals surface area (Å²) in [6.07, 6.45) is -1.77. The topological polar surface area (TPSA) is 23.8 Å². The Balaban J connectivity index is 2.41. The lowest BCUT2D eigenvalue weighted by Gasteiger charge is -2.00. The Morgan fingerprint density at radius 1 is 0.913 bits per heavy atom. The van der Waals surface area contributed by atoms with Gasteiger partial charge in [-0.25, -0.2) is 13.2 Å². The molecule has 114 valence electrons. The monoisotopic (exact) mass is 319 g/mol. The number of nitrogens with zero attached hydrogens (tertiary/aromatic N) is 1. The maximum Gasteiger partial charge on any atom is 0.270 e. The van der Waals surface area contributed by atoms with Crippen molar-refractivity contribution in [3.63, 3.8) is 0 Å². The van der Waals surface area contributed by atoms with E-state index in [9.17, 15) is 22.0 Å². The van der Waals surface area contributed by atoms with E-state index >= 15 is 0 Å². The van der Waals surface area contributed by atoms with Gasteiger partial charge in [0, 0.05) is 11.6 Å². The van der Waals surface area contributed by atoms with Gasteiger partial charge in [-0.05, 0) is 35.9 Å². The number of benzene rings is 2. The van der Waals surface area contributed by atoms with Gasteiger partial charge in [0.2, 0.25) is 0 Å². The normalized spacial score (nSPS) is 9.57. The summed E-state index contributed by atoms with van der Waals surface area (Å²) in [5.74, 6) is 1.51. The summed E-state index contributed by atoms with van der Waals surface area (Å²) >= 11 is 0. The molecule has 0 N–H and O–H groups in total. The fraction of sp³-hybridized carbons (Fsp3) is 0. The molecule has 1 nitrogen and oxygen atoms in total. The molecule has 0 saturated carbocycles. The Bertz CT molecular complexity index is 870. The Morgan fingerprint density at radius 3 is 2.09 bits per heavy atom. The third kappa shape index (κ3) is 3.96. The maximum absolute atomic E-state index is 13.7. The zero-order chi connectivity index (χ0) is 17.0. The molecule has 0 radical (unpaired) electrons. The summed E-state index contributed by atoms with van der Waals surface area (Å²) in [7, 11) is 0. The van der Waals surface area contributed by atoms with Gasteiger partial charge in [0.1, 0.15) is 23.5 Å². The summed E-state index contributed by atoms with van der Waals surface area (Å²) < 4.78 is 65.0. The summed E-state index contributed by atoms with van der Waals surface area (Å²) in [5, 5.41) is 8.60. The first-order chi connectivity index (χ1) is 10.9. The molecule has 0 aliphatic heterocycles. The SMILES string of the molecule is N#Cc1ccc(C#Cc2c(F)cc(C=C(F)F)cc2F)cc1F. The minimum absolute atomic E-state index is 0.110. The van der Waals surface area contributed by atoms with Crippen LogP contribution in [0.1, 0.15) is 22.3 Å². The van der Waals surface area contributed by atoms with Crippen molar-refractivity contribution in [3.8, 4) is 17.9 Å². The molecule has 2 rings (SSSR count). The molecule has 0 aromatic heterocycles. The summed E-state index contributed by atoms with van der Waals surface area (Å²) in [6, 6.07) is 6.51. The van der Waals surface area contributed by atoms with E-state index in [1.165, 1.54) is 12.1 Å². The van der Waals surface area contributed by atoms with Crippen LogP contribution in [0.5, 0.6) is 0 Å². The molecule has 2 aromatic rings. The van der Waals surface area contributed by atoms with Crippen LogP contribution in [0.25, 0.3) is 6.08 Å². The fourth-order valence-electron chi connectivity index (χ4n) is 1.74. The molecular formula is C17H6F5N. The smallest absolute Gasteiger partial charge is 0.206 e. The molecule has 0 spiro atoms. The van der Waals surface area contributed by atoms with Crippen LogP contribution < -0.4 is 0 Å². The van der Waals surface area contributed by atoms with E-state index in [-0.39, 0.29) is 16.7 Å². The average Bonchev–Trinajstić information content (AvgIpc) is 2.45. The average molecular weight is 319 g/mol. The first kappa shape index (κ1) is 16.3. The predicted molar refractivity (Wildman–Crippen MR) is 73.6 cm³/mol. The minimum atomic E-state index is -2.09. The van der Waals surface area contributed by atoms with E-state index in [0.717, 1.165) is 6.07 Å². The maximum atomic E-state index is 13.7. The van der Waals surface area contributed by atoms with E-state index in [1.54, 1.807) is 6.07 Å². The summed E-state index contributed by atoms with van der Waals surface area (Å²) in [4.78, 5) is 0. The van der Waals surface area contributed by atoms with Crippen LogP contribution in [0.15, 0.2) is 36.4 Å². The number of halogens is 5. The van der Waals surface area contributed by atoms with E-state index in [2.05, 4.69) is 11.8 Å². The number of rotatable bonds is 1. The quantitative estimate of drug-likeness (QED) is 0.556. The Hall–Kier alpha value is -3.12. The van der Waals surface area contributed by atoms with Crippen LogP contribution in [0.4, 0.5) is 22.0 Å². The van der Waals surface area contributed by atoms with Crippen LogP contribution in [0, 0.1) is 40.6 Å². The van der Waals surface area contributed by atoms with Gasteiger partial charge in [0.25, 0.3) is 6.08 Å². The third-order valence-electron chi connectivity index (χ3n) is 2.76. The van der Waals surface area contributed by atoms with Gasteiger partial charge in [0.15, 0.2) is 0 Å². The number of hydrogen-bond acceptors (Lipinski definition) is 1. The molecule has 0 aliphatic rings. The second kappa shape index (κ2) is 6.76. The van der Waals surface area contributed by atoms with Gasteiger partial charge >= 0.3 is 0 Å². The van der Waals surface area contributed by atoms with Crippen LogP contribution in [-0.4, -0.2) is 0 Å². The zero-order valence-corrected chi connectivity index (χ0v) is 11.3. The van der Waals surface area contributed by atoms with Crippen LogP contribution in [0.2, 0.25) is 0 Å². The fourth-order valence-corrected chi connectivity index (χ4v) is 1.74. The van der Waals surface area contributed by atoms with Gasteiger partial charge in [-0.15, -0.1) is 0 Å². The largest absolute Gasteiger partial charge is 0.270 e. The van der Waals surface area contributed by atoms with Crippen molar-refractivity contribution in [2.45, 2.75) is 0 Å². The highest BCUT2D eigenvalue weighted by Gasteiger charge is 2.09. The second-order valence-electron chi connectivity index (χ2n) is 4.35. The van der Waals surface area contributed by atoms with Crippen molar-refractivity contribution in [2.24, 2.45) is 0 Å². The Morgan fingerprint density at radius 2 is 1.57 bits per heavy atom. The molecule has 0 fully saturated rings. The van der Waals surface area contributed by atoms with Crippen molar-refractivity contribution in [2.75, 3.05) is 0 Å². The summed E-state index contributed by atoms with van der Waals surface area (Å²) in [6.45, 7) is 0. The molecule has 0 saturated heterocycles. The van der Waals surface area contributed by atoms with Gasteiger partial charge in [0.05, 0.1) is 11.1 Å². The highest BCUT2D eigenvalue weighted by atomic mass is 19.3. The lowest BCUT2D eigenvalue weighted by Crippen LogP contribution is -1.92. The van der Waals surface area contributed by atoms with Crippen molar-refractivity contribution < 1.29 is 22.0 Å². The van der Waals surface area contributed by atoms with E-state index < -0.39 is 29.1 Å². The molecule has 0 bridgehead atoms. The van der Waals surface area contributed by atoms with Crippen molar-refractivity contribution >= 4 is 6.08 Å². The molecule has 0 aliphatic carbocycles. The van der Waals surface area contributed by atoms with Gasteiger partial charge in [-0.1, -0.05) is 11.8 Å². The van der Waals surface area contributed by atoms with Crippen molar-refractivity contribution in [3.05, 3.63) is 76.1 Å². The predicted octanol–water partition coefficient (Wildman–Crippen LogP) is 4.61. The third-order valence-corrected chi connectivity index (χ3v) is 2.76. The lowest BCUT2D eigenvalue weighted by atomic mass is 10.1. The van der Waals surface area contributed by atoms with E-state index in [4.69, 9.17) is 5.26 Å². The molecular weight excluding hydrogens is 313 g/mol. The highest BCUT2D eigenvalue weighted by Crippen LogP contribution is 2.18. The van der Waals surface area contributed by atoms with Gasteiger partial charge in [-0.3, -0.25) is 0 Å². The van der Waals surface area contributed by atoms with E-state index in [0.29, 0.717) is 18.2 Å². The Labute approximate surface area is 128 Å². The highest BCUT2D eigenvalue weighted by molar-refractivity contribution is 5.54. The Kier molecular flexibility index (Phi) is 4.78.